The van der Waals surface area contributed by atoms with Crippen LogP contribution in [0.4, 0.5) is 0 Å². The lowest BCUT2D eigenvalue weighted by molar-refractivity contribution is 0.144. The van der Waals surface area contributed by atoms with Gasteiger partial charge < -0.3 is 10.2 Å². The van der Waals surface area contributed by atoms with Gasteiger partial charge in [-0.3, -0.25) is 4.99 Å². The van der Waals surface area contributed by atoms with Gasteiger partial charge >= 0.3 is 0 Å². The molecule has 1 heterocycles. The van der Waals surface area contributed by atoms with Crippen molar-refractivity contribution in [2.24, 2.45) is 10.1 Å². The first-order chi connectivity index (χ1) is 5.43. The number of hydrogen-bond donors (Lipinski definition) is 1. The van der Waals surface area contributed by atoms with Crippen molar-refractivity contribution in [3.8, 4) is 0 Å². The Morgan fingerprint density at radius 1 is 1.75 bits per heavy atom. The molecular weight excluding hydrogens is 178 g/mol. The summed E-state index contributed by atoms with van der Waals surface area (Å²) >= 11 is 0. The molecule has 0 aromatic heterocycles. The van der Waals surface area contributed by atoms with Gasteiger partial charge in [-0.25, -0.2) is 0 Å². The molecule has 5 heteroatoms. The minimum Gasteiger partial charge on any atom is -0.396 e. The van der Waals surface area contributed by atoms with Crippen LogP contribution in [0.25, 0.3) is 0 Å². The van der Waals surface area contributed by atoms with E-state index in [2.05, 4.69) is 22.4 Å². The summed E-state index contributed by atoms with van der Waals surface area (Å²) in [4.78, 5) is 8.99. The van der Waals surface area contributed by atoms with E-state index in [0.717, 1.165) is 18.7 Å². The Balaban J connectivity index is 0.00000121. The van der Waals surface area contributed by atoms with Crippen molar-refractivity contribution in [1.29, 1.82) is 0 Å². The molecule has 0 bridgehead atoms. The van der Waals surface area contributed by atoms with Gasteiger partial charge in [0.1, 0.15) is 6.61 Å². The Hall–Kier alpha value is -0.770. The normalized spacial score (nSPS) is 18.2. The maximum absolute atomic E-state index is 5.00. The van der Waals surface area contributed by atoms with Crippen molar-refractivity contribution in [3.05, 3.63) is 0 Å². The van der Waals surface area contributed by atoms with E-state index in [4.69, 9.17) is 4.84 Å². The van der Waals surface area contributed by atoms with Gasteiger partial charge in [0.15, 0.2) is 0 Å². The Labute approximate surface area is 78.5 Å². The van der Waals surface area contributed by atoms with Crippen molar-refractivity contribution >= 4 is 24.5 Å². The molecule has 0 fully saturated rings. The zero-order valence-electron chi connectivity index (χ0n) is 7.12. The van der Waals surface area contributed by atoms with Crippen LogP contribution in [0.5, 0.6) is 0 Å². The van der Waals surface area contributed by atoms with Gasteiger partial charge in [0.05, 0.1) is 25.1 Å². The van der Waals surface area contributed by atoms with Crippen molar-refractivity contribution in [3.63, 3.8) is 0 Å². The van der Waals surface area contributed by atoms with E-state index in [1.165, 1.54) is 0 Å². The standard InChI is InChI=1S/C7H13N3O.ClH/c1-2-3-11-10-7-4-8-6-9-5-7;/h6H,2-5H2,1H3,(H,8,9);1H. The van der Waals surface area contributed by atoms with E-state index in [9.17, 15) is 0 Å². The lowest BCUT2D eigenvalue weighted by atomic mass is 10.3. The summed E-state index contributed by atoms with van der Waals surface area (Å²) in [6.45, 7) is 4.16. The van der Waals surface area contributed by atoms with Gasteiger partial charge in [-0.15, -0.1) is 12.4 Å². The molecule has 0 saturated carbocycles. The zero-order chi connectivity index (χ0) is 7.94. The second-order valence-corrected chi connectivity index (χ2v) is 2.34. The van der Waals surface area contributed by atoms with Gasteiger partial charge in [-0.2, -0.15) is 0 Å². The smallest absolute Gasteiger partial charge is 0.116 e. The first-order valence-corrected chi connectivity index (χ1v) is 3.83. The third kappa shape index (κ3) is 4.18. The van der Waals surface area contributed by atoms with Crippen LogP contribution in [0.1, 0.15) is 13.3 Å². The number of halogens is 1. The number of rotatable bonds is 3. The van der Waals surface area contributed by atoms with E-state index >= 15 is 0 Å². The fraction of sp³-hybridized carbons (Fsp3) is 0.714. The summed E-state index contributed by atoms with van der Waals surface area (Å²) in [6, 6.07) is 0. The molecule has 70 valence electrons. The van der Waals surface area contributed by atoms with Crippen molar-refractivity contribution < 1.29 is 4.84 Å². The molecule has 0 saturated heterocycles. The van der Waals surface area contributed by atoms with Gasteiger partial charge in [-0.1, -0.05) is 12.1 Å². The van der Waals surface area contributed by atoms with Crippen molar-refractivity contribution in [2.45, 2.75) is 13.3 Å². The first kappa shape index (κ1) is 11.2. The van der Waals surface area contributed by atoms with Crippen LogP contribution in [0, 0.1) is 0 Å². The minimum absolute atomic E-state index is 0. The second kappa shape index (κ2) is 6.91. The molecule has 0 radical (unpaired) electrons. The third-order valence-corrected chi connectivity index (χ3v) is 1.25. The summed E-state index contributed by atoms with van der Waals surface area (Å²) in [7, 11) is 0. The van der Waals surface area contributed by atoms with Crippen LogP contribution in [0.3, 0.4) is 0 Å². The Bertz CT molecular complexity index is 170. The summed E-state index contributed by atoms with van der Waals surface area (Å²) in [5.74, 6) is 0. The molecule has 0 amide bonds. The Kier molecular flexibility index (Phi) is 6.47. The highest BCUT2D eigenvalue weighted by Crippen LogP contribution is 1.87. The quantitative estimate of drug-likeness (QED) is 0.531. The topological polar surface area (TPSA) is 46.0 Å². The highest BCUT2D eigenvalue weighted by atomic mass is 35.5. The second-order valence-electron chi connectivity index (χ2n) is 2.34. The third-order valence-electron chi connectivity index (χ3n) is 1.25. The van der Waals surface area contributed by atoms with Crippen LogP contribution in [0.2, 0.25) is 0 Å². The van der Waals surface area contributed by atoms with Gasteiger partial charge in [-0.05, 0) is 6.42 Å². The van der Waals surface area contributed by atoms with Crippen LogP contribution in [0.15, 0.2) is 10.1 Å². The van der Waals surface area contributed by atoms with Crippen LogP contribution < -0.4 is 5.32 Å². The van der Waals surface area contributed by atoms with Crippen molar-refractivity contribution in [1.82, 2.24) is 5.32 Å². The number of nitrogens with one attached hydrogen (secondary N) is 1. The molecule has 0 aromatic carbocycles. The van der Waals surface area contributed by atoms with Crippen LogP contribution in [-0.2, 0) is 4.84 Å². The van der Waals surface area contributed by atoms with Crippen molar-refractivity contribution in [2.75, 3.05) is 19.7 Å². The van der Waals surface area contributed by atoms with E-state index in [0.29, 0.717) is 13.2 Å². The van der Waals surface area contributed by atoms with E-state index in [1.54, 1.807) is 6.34 Å². The van der Waals surface area contributed by atoms with E-state index < -0.39 is 0 Å². The summed E-state index contributed by atoms with van der Waals surface area (Å²) in [5, 5.41) is 6.87. The maximum Gasteiger partial charge on any atom is 0.116 e. The number of oxime groups is 1. The summed E-state index contributed by atoms with van der Waals surface area (Å²) < 4.78 is 0. The lowest BCUT2D eigenvalue weighted by Gasteiger charge is -2.07. The molecule has 1 rings (SSSR count). The SMILES string of the molecule is CCCO/N=C1/CN=CNC1.Cl. The molecule has 12 heavy (non-hydrogen) atoms. The monoisotopic (exact) mass is 191 g/mol. The highest BCUT2D eigenvalue weighted by Gasteiger charge is 2.00. The van der Waals surface area contributed by atoms with Gasteiger partial charge in [0.25, 0.3) is 0 Å². The predicted octanol–water partition coefficient (Wildman–Crippen LogP) is 0.822. The van der Waals surface area contributed by atoms with E-state index in [1.807, 2.05) is 0 Å². The summed E-state index contributed by atoms with van der Waals surface area (Å²) in [6.07, 6.45) is 2.69. The zero-order valence-corrected chi connectivity index (χ0v) is 7.93. The number of hydrogen-bond acceptors (Lipinski definition) is 4. The molecule has 1 aliphatic heterocycles. The molecular formula is C7H14ClN3O. The average Bonchev–Trinajstić information content (AvgIpc) is 2.07. The molecule has 0 aliphatic carbocycles. The fourth-order valence-electron chi connectivity index (χ4n) is 0.724. The molecule has 1 N–H and O–H groups in total. The highest BCUT2D eigenvalue weighted by molar-refractivity contribution is 5.92. The van der Waals surface area contributed by atoms with Crippen LogP contribution >= 0.6 is 12.4 Å². The van der Waals surface area contributed by atoms with Gasteiger partial charge in [0.2, 0.25) is 0 Å². The predicted molar refractivity (Wildman–Crippen MR) is 52.3 cm³/mol. The lowest BCUT2D eigenvalue weighted by Crippen LogP contribution is -2.28. The largest absolute Gasteiger partial charge is 0.396 e. The number of aliphatic imine (C=N–C) groups is 1. The average molecular weight is 192 g/mol. The van der Waals surface area contributed by atoms with Gasteiger partial charge in [0, 0.05) is 0 Å². The molecule has 0 aromatic rings. The first-order valence-electron chi connectivity index (χ1n) is 3.83. The molecule has 1 aliphatic rings. The molecule has 4 nitrogen and oxygen atoms in total. The Morgan fingerprint density at radius 3 is 3.17 bits per heavy atom. The molecule has 0 spiro atoms. The maximum atomic E-state index is 5.00. The van der Waals surface area contributed by atoms with Crippen LogP contribution in [-0.4, -0.2) is 31.7 Å². The molecule has 0 unspecified atom stereocenters. The Morgan fingerprint density at radius 2 is 2.58 bits per heavy atom. The minimum atomic E-state index is 0. The summed E-state index contributed by atoms with van der Waals surface area (Å²) in [5.41, 5.74) is 0.959. The number of nitrogens with zero attached hydrogens (tertiary/aromatic N) is 2. The molecule has 0 atom stereocenters. The van der Waals surface area contributed by atoms with E-state index in [-0.39, 0.29) is 12.4 Å². The fourth-order valence-corrected chi connectivity index (χ4v) is 0.724.